The van der Waals surface area contributed by atoms with Gasteiger partial charge < -0.3 is 0 Å². The van der Waals surface area contributed by atoms with E-state index < -0.39 is 21.4 Å². The third-order valence-electron chi connectivity index (χ3n) is 2.64. The van der Waals surface area contributed by atoms with E-state index in [2.05, 4.69) is 15.9 Å². The highest BCUT2D eigenvalue weighted by atomic mass is 79.9. The molecule has 0 fully saturated rings. The van der Waals surface area contributed by atoms with Crippen molar-refractivity contribution in [3.63, 3.8) is 0 Å². The molecule has 0 bridgehead atoms. The van der Waals surface area contributed by atoms with Gasteiger partial charge >= 0.3 is 0 Å². The monoisotopic (exact) mass is 333 g/mol. The zero-order valence-corrected chi connectivity index (χ0v) is 12.6. The molecule has 98 valence electrons. The van der Waals surface area contributed by atoms with E-state index in [9.17, 15) is 12.8 Å². The molecule has 1 aromatic carbocycles. The van der Waals surface area contributed by atoms with Gasteiger partial charge in [-0.1, -0.05) is 0 Å². The maximum atomic E-state index is 13.4. The molecule has 1 aromatic rings. The van der Waals surface area contributed by atoms with E-state index >= 15 is 0 Å². The molecule has 18 heavy (non-hydrogen) atoms. The fraction of sp³-hybridized carbons (Fsp3) is 0.333. The Morgan fingerprint density at radius 2 is 1.89 bits per heavy atom. The van der Waals surface area contributed by atoms with Crippen molar-refractivity contribution in [3.05, 3.63) is 34.2 Å². The summed E-state index contributed by atoms with van der Waals surface area (Å²) >= 11 is 3.01. The predicted octanol–water partition coefficient (Wildman–Crippen LogP) is 3.36. The average Bonchev–Trinajstić information content (AvgIpc) is 2.19. The van der Waals surface area contributed by atoms with Crippen LogP contribution in [0.5, 0.6) is 0 Å². The van der Waals surface area contributed by atoms with Gasteiger partial charge in [-0.05, 0) is 60.5 Å². The Morgan fingerprint density at radius 1 is 1.28 bits per heavy atom. The molecule has 3 nitrogen and oxygen atoms in total. The van der Waals surface area contributed by atoms with E-state index in [0.29, 0.717) is 5.56 Å². The summed E-state index contributed by atoms with van der Waals surface area (Å²) in [5.74, 6) is -0.474. The van der Waals surface area contributed by atoms with E-state index in [4.69, 9.17) is 0 Å². The van der Waals surface area contributed by atoms with Crippen LogP contribution in [0.15, 0.2) is 27.7 Å². The number of fused-ring (bicyclic) bond motifs is 1. The highest BCUT2D eigenvalue weighted by Gasteiger charge is 2.35. The third kappa shape index (κ3) is 2.07. The molecule has 1 aliphatic rings. The zero-order valence-electron chi connectivity index (χ0n) is 10.2. The second-order valence-electron chi connectivity index (χ2n) is 5.09. The van der Waals surface area contributed by atoms with Crippen LogP contribution in [0.1, 0.15) is 26.3 Å². The summed E-state index contributed by atoms with van der Waals surface area (Å²) in [4.78, 5) is 0.119. The van der Waals surface area contributed by atoms with Crippen LogP contribution in [0.25, 0.3) is 6.08 Å². The summed E-state index contributed by atoms with van der Waals surface area (Å²) in [5.41, 5.74) is -0.190. The van der Waals surface area contributed by atoms with Crippen LogP contribution in [0.2, 0.25) is 0 Å². The molecule has 0 radical (unpaired) electrons. The number of benzene rings is 1. The molecule has 1 aliphatic heterocycles. The lowest BCUT2D eigenvalue weighted by molar-refractivity contribution is 0.319. The second-order valence-corrected chi connectivity index (χ2v) is 7.73. The third-order valence-corrected chi connectivity index (χ3v) is 5.34. The molecule has 0 N–H and O–H groups in total. The SMILES string of the molecule is CC(C)(C)N1C=Cc2cc(F)c(Br)cc2S1(=O)=O. The minimum atomic E-state index is -3.63. The van der Waals surface area contributed by atoms with Crippen LogP contribution in [-0.4, -0.2) is 18.3 Å². The Balaban J connectivity index is 2.69. The molecule has 2 rings (SSSR count). The maximum absolute atomic E-state index is 13.4. The van der Waals surface area contributed by atoms with Gasteiger partial charge in [-0.25, -0.2) is 12.8 Å². The van der Waals surface area contributed by atoms with Gasteiger partial charge in [0.05, 0.1) is 9.37 Å². The molecule has 0 aliphatic carbocycles. The number of rotatable bonds is 0. The molecule has 0 saturated carbocycles. The summed E-state index contributed by atoms with van der Waals surface area (Å²) in [7, 11) is -3.63. The molecule has 0 atom stereocenters. The van der Waals surface area contributed by atoms with Gasteiger partial charge in [0.25, 0.3) is 10.0 Å². The Morgan fingerprint density at radius 3 is 2.44 bits per heavy atom. The Kier molecular flexibility index (Phi) is 3.06. The first-order valence-corrected chi connectivity index (χ1v) is 7.59. The van der Waals surface area contributed by atoms with Crippen molar-refractivity contribution < 1.29 is 12.8 Å². The summed E-state index contributed by atoms with van der Waals surface area (Å²) in [6.45, 7) is 5.41. The van der Waals surface area contributed by atoms with Crippen LogP contribution >= 0.6 is 15.9 Å². The van der Waals surface area contributed by atoms with Gasteiger partial charge in [-0.15, -0.1) is 0 Å². The largest absolute Gasteiger partial charge is 0.268 e. The van der Waals surface area contributed by atoms with Crippen LogP contribution in [0.3, 0.4) is 0 Å². The minimum absolute atomic E-state index is 0.119. The number of halogens is 2. The Bertz CT molecular complexity index is 632. The van der Waals surface area contributed by atoms with E-state index in [0.717, 1.165) is 0 Å². The van der Waals surface area contributed by atoms with Crippen molar-refractivity contribution in [2.75, 3.05) is 0 Å². The first kappa shape index (κ1) is 13.5. The van der Waals surface area contributed by atoms with Gasteiger partial charge in [0.2, 0.25) is 0 Å². The number of hydrogen-bond acceptors (Lipinski definition) is 2. The standard InChI is InChI=1S/C12H13BrFNO2S/c1-12(2,3)15-5-4-8-6-10(14)9(13)7-11(8)18(15,16)17/h4-7H,1-3H3. The highest BCUT2D eigenvalue weighted by molar-refractivity contribution is 9.10. The lowest BCUT2D eigenvalue weighted by Gasteiger charge is -2.36. The lowest BCUT2D eigenvalue weighted by atomic mass is 10.1. The molecule has 0 amide bonds. The van der Waals surface area contributed by atoms with Crippen LogP contribution in [0.4, 0.5) is 4.39 Å². The normalized spacial score (nSPS) is 17.7. The van der Waals surface area contributed by atoms with Crippen molar-refractivity contribution >= 4 is 32.0 Å². The van der Waals surface area contributed by atoms with Crippen molar-refractivity contribution in [1.82, 2.24) is 4.31 Å². The van der Waals surface area contributed by atoms with Crippen LogP contribution < -0.4 is 0 Å². The minimum Gasteiger partial charge on any atom is -0.268 e. The van der Waals surface area contributed by atoms with Gasteiger partial charge in [0.1, 0.15) is 5.82 Å². The molecule has 0 unspecified atom stereocenters. The van der Waals surface area contributed by atoms with Gasteiger partial charge in [-0.3, -0.25) is 4.31 Å². The molecular weight excluding hydrogens is 321 g/mol. The first-order chi connectivity index (χ1) is 8.14. The van der Waals surface area contributed by atoms with E-state index in [1.165, 1.54) is 22.6 Å². The van der Waals surface area contributed by atoms with E-state index in [1.807, 2.05) is 0 Å². The Labute approximate surface area is 114 Å². The van der Waals surface area contributed by atoms with Crippen molar-refractivity contribution in [2.24, 2.45) is 0 Å². The molecule has 1 heterocycles. The molecule has 0 aromatic heterocycles. The van der Waals surface area contributed by atoms with Gasteiger partial charge in [0, 0.05) is 11.7 Å². The van der Waals surface area contributed by atoms with Crippen molar-refractivity contribution in [3.8, 4) is 0 Å². The summed E-state index contributed by atoms with van der Waals surface area (Å²) in [5, 5.41) is 0. The fourth-order valence-electron chi connectivity index (χ4n) is 1.82. The predicted molar refractivity (Wildman–Crippen MR) is 71.9 cm³/mol. The van der Waals surface area contributed by atoms with Crippen LogP contribution in [0, 0.1) is 5.82 Å². The van der Waals surface area contributed by atoms with E-state index in [1.54, 1.807) is 26.8 Å². The zero-order chi connectivity index (χ0) is 13.7. The smallest absolute Gasteiger partial charge is 0.264 e. The van der Waals surface area contributed by atoms with Gasteiger partial charge in [-0.2, -0.15) is 0 Å². The molecule has 6 heteroatoms. The van der Waals surface area contributed by atoms with E-state index in [-0.39, 0.29) is 9.37 Å². The van der Waals surface area contributed by atoms with Crippen molar-refractivity contribution in [2.45, 2.75) is 31.2 Å². The molecule has 0 saturated heterocycles. The topological polar surface area (TPSA) is 37.4 Å². The van der Waals surface area contributed by atoms with Crippen molar-refractivity contribution in [1.29, 1.82) is 0 Å². The highest BCUT2D eigenvalue weighted by Crippen LogP contribution is 2.34. The first-order valence-electron chi connectivity index (χ1n) is 5.36. The quantitative estimate of drug-likeness (QED) is 0.730. The second kappa shape index (κ2) is 4.06. The van der Waals surface area contributed by atoms with Crippen LogP contribution in [-0.2, 0) is 10.0 Å². The summed E-state index contributed by atoms with van der Waals surface area (Å²) < 4.78 is 39.7. The molecule has 0 spiro atoms. The lowest BCUT2D eigenvalue weighted by Crippen LogP contribution is -2.42. The molecular formula is C12H13BrFNO2S. The number of hydrogen-bond donors (Lipinski definition) is 0. The number of sulfonamides is 1. The maximum Gasteiger partial charge on any atom is 0.264 e. The number of nitrogens with zero attached hydrogens (tertiary/aromatic N) is 1. The fourth-order valence-corrected chi connectivity index (χ4v) is 4.16. The summed E-state index contributed by atoms with van der Waals surface area (Å²) in [6, 6.07) is 2.52. The Hall–Kier alpha value is -0.880. The van der Waals surface area contributed by atoms with Gasteiger partial charge in [0.15, 0.2) is 0 Å². The summed E-state index contributed by atoms with van der Waals surface area (Å²) in [6.07, 6.45) is 3.09. The average molecular weight is 334 g/mol.